The lowest BCUT2D eigenvalue weighted by atomic mass is 10.2. The number of hydrogen-bond acceptors (Lipinski definition) is 3. The van der Waals surface area contributed by atoms with Crippen molar-refractivity contribution >= 4 is 37.4 Å². The van der Waals surface area contributed by atoms with Crippen LogP contribution >= 0.6 is 27.3 Å². The molecule has 0 fully saturated rings. The number of halogens is 1. The fraction of sp³-hybridized carbons (Fsp3) is 0. The van der Waals surface area contributed by atoms with Crippen molar-refractivity contribution in [1.29, 1.82) is 5.26 Å². The van der Waals surface area contributed by atoms with E-state index in [4.69, 9.17) is 5.26 Å². The SMILES string of the molecule is N#Cc1c(O)sc2cccc(Br)c12. The fourth-order valence-corrected chi connectivity index (χ4v) is 2.81. The van der Waals surface area contributed by atoms with Crippen LogP contribution in [0.25, 0.3) is 10.1 Å². The summed E-state index contributed by atoms with van der Waals surface area (Å²) >= 11 is 4.57. The van der Waals surface area contributed by atoms with E-state index >= 15 is 0 Å². The summed E-state index contributed by atoms with van der Waals surface area (Å²) in [6.45, 7) is 0. The van der Waals surface area contributed by atoms with Gasteiger partial charge in [-0.2, -0.15) is 5.26 Å². The molecule has 0 saturated carbocycles. The zero-order valence-electron chi connectivity index (χ0n) is 6.41. The van der Waals surface area contributed by atoms with Gasteiger partial charge in [0, 0.05) is 14.6 Å². The summed E-state index contributed by atoms with van der Waals surface area (Å²) in [5.74, 6) is 0. The Kier molecular flexibility index (Phi) is 1.98. The molecule has 1 heterocycles. The number of nitrogens with zero attached hydrogens (tertiary/aromatic N) is 1. The average Bonchev–Trinajstić information content (AvgIpc) is 2.42. The first kappa shape index (κ1) is 8.54. The molecule has 2 rings (SSSR count). The average molecular weight is 254 g/mol. The third kappa shape index (κ3) is 1.21. The molecule has 0 spiro atoms. The van der Waals surface area contributed by atoms with Gasteiger partial charge < -0.3 is 5.11 Å². The van der Waals surface area contributed by atoms with Crippen molar-refractivity contribution in [2.24, 2.45) is 0 Å². The van der Waals surface area contributed by atoms with Gasteiger partial charge in [-0.15, -0.1) is 0 Å². The van der Waals surface area contributed by atoms with E-state index in [1.54, 1.807) is 0 Å². The number of benzene rings is 1. The summed E-state index contributed by atoms with van der Waals surface area (Å²) in [6.07, 6.45) is 0. The monoisotopic (exact) mass is 253 g/mol. The molecular formula is C9H4BrNOS. The van der Waals surface area contributed by atoms with E-state index in [1.807, 2.05) is 24.3 Å². The highest BCUT2D eigenvalue weighted by atomic mass is 79.9. The number of nitriles is 1. The summed E-state index contributed by atoms with van der Waals surface area (Å²) in [5, 5.41) is 19.1. The molecule has 1 N–H and O–H groups in total. The van der Waals surface area contributed by atoms with Crippen LogP contribution in [0.4, 0.5) is 0 Å². The third-order valence-electron chi connectivity index (χ3n) is 1.76. The second-order valence-electron chi connectivity index (χ2n) is 2.51. The molecule has 0 aliphatic rings. The lowest BCUT2D eigenvalue weighted by molar-refractivity contribution is 0.490. The van der Waals surface area contributed by atoms with Crippen LogP contribution in [-0.2, 0) is 0 Å². The molecular weight excluding hydrogens is 250 g/mol. The highest BCUT2D eigenvalue weighted by molar-refractivity contribution is 9.10. The quantitative estimate of drug-likeness (QED) is 0.784. The molecule has 0 atom stereocenters. The molecule has 1 aromatic carbocycles. The van der Waals surface area contributed by atoms with Crippen molar-refractivity contribution in [3.05, 3.63) is 28.2 Å². The maximum atomic E-state index is 9.43. The van der Waals surface area contributed by atoms with Crippen molar-refractivity contribution in [2.75, 3.05) is 0 Å². The molecule has 13 heavy (non-hydrogen) atoms. The van der Waals surface area contributed by atoms with Gasteiger partial charge in [0.2, 0.25) is 0 Å². The maximum absolute atomic E-state index is 9.43. The number of thiophene rings is 1. The van der Waals surface area contributed by atoms with Crippen LogP contribution in [0.1, 0.15) is 5.56 Å². The predicted octanol–water partition coefficient (Wildman–Crippen LogP) is 3.24. The largest absolute Gasteiger partial charge is 0.499 e. The Balaban J connectivity index is 2.99. The van der Waals surface area contributed by atoms with Crippen molar-refractivity contribution in [1.82, 2.24) is 0 Å². The first-order chi connectivity index (χ1) is 6.24. The van der Waals surface area contributed by atoms with Crippen LogP contribution in [-0.4, -0.2) is 5.11 Å². The highest BCUT2D eigenvalue weighted by Crippen LogP contribution is 2.39. The second-order valence-corrected chi connectivity index (χ2v) is 4.39. The highest BCUT2D eigenvalue weighted by Gasteiger charge is 2.12. The van der Waals surface area contributed by atoms with Gasteiger partial charge in [0.15, 0.2) is 5.06 Å². The van der Waals surface area contributed by atoms with Gasteiger partial charge in [-0.25, -0.2) is 0 Å². The Labute approximate surface area is 87.2 Å². The minimum absolute atomic E-state index is 0.0874. The smallest absolute Gasteiger partial charge is 0.190 e. The Morgan fingerprint density at radius 2 is 2.23 bits per heavy atom. The minimum Gasteiger partial charge on any atom is -0.499 e. The van der Waals surface area contributed by atoms with Gasteiger partial charge in [0.1, 0.15) is 11.6 Å². The van der Waals surface area contributed by atoms with Crippen molar-refractivity contribution in [3.8, 4) is 11.1 Å². The predicted molar refractivity (Wildman–Crippen MR) is 55.9 cm³/mol. The van der Waals surface area contributed by atoms with Gasteiger partial charge in [-0.1, -0.05) is 33.3 Å². The Morgan fingerprint density at radius 1 is 1.46 bits per heavy atom. The van der Waals surface area contributed by atoms with E-state index in [-0.39, 0.29) is 5.06 Å². The van der Waals surface area contributed by atoms with Crippen LogP contribution in [0.15, 0.2) is 22.7 Å². The normalized spacial score (nSPS) is 10.2. The van der Waals surface area contributed by atoms with E-state index in [0.717, 1.165) is 14.6 Å². The van der Waals surface area contributed by atoms with E-state index in [2.05, 4.69) is 15.9 Å². The lowest BCUT2D eigenvalue weighted by Crippen LogP contribution is -1.72. The minimum atomic E-state index is 0.0874. The fourth-order valence-electron chi connectivity index (χ4n) is 1.20. The summed E-state index contributed by atoms with van der Waals surface area (Å²) < 4.78 is 1.77. The summed E-state index contributed by atoms with van der Waals surface area (Å²) in [7, 11) is 0. The van der Waals surface area contributed by atoms with Gasteiger partial charge in [0.25, 0.3) is 0 Å². The molecule has 2 aromatic rings. The molecule has 64 valence electrons. The van der Waals surface area contributed by atoms with Crippen LogP contribution in [0.5, 0.6) is 5.06 Å². The molecule has 1 aromatic heterocycles. The zero-order chi connectivity index (χ0) is 9.42. The maximum Gasteiger partial charge on any atom is 0.190 e. The molecule has 4 heteroatoms. The number of rotatable bonds is 0. The molecule has 0 unspecified atom stereocenters. The molecule has 0 bridgehead atoms. The van der Waals surface area contributed by atoms with Gasteiger partial charge in [-0.05, 0) is 12.1 Å². The first-order valence-electron chi connectivity index (χ1n) is 3.54. The standard InChI is InChI=1S/C9H4BrNOS/c10-6-2-1-3-7-8(6)5(4-11)9(12)13-7/h1-3,12H. The molecule has 0 aliphatic carbocycles. The van der Waals surface area contributed by atoms with Crippen molar-refractivity contribution < 1.29 is 5.11 Å². The molecule has 0 aliphatic heterocycles. The second kappa shape index (κ2) is 3.02. The lowest BCUT2D eigenvalue weighted by Gasteiger charge is -1.92. The van der Waals surface area contributed by atoms with E-state index in [0.29, 0.717) is 5.56 Å². The summed E-state index contributed by atoms with van der Waals surface area (Å²) in [4.78, 5) is 0. The van der Waals surface area contributed by atoms with Gasteiger partial charge in [-0.3, -0.25) is 0 Å². The van der Waals surface area contributed by atoms with E-state index < -0.39 is 0 Å². The molecule has 0 radical (unpaired) electrons. The third-order valence-corrected chi connectivity index (χ3v) is 3.38. The Bertz CT molecular complexity index is 512. The Morgan fingerprint density at radius 3 is 2.92 bits per heavy atom. The molecule has 0 amide bonds. The summed E-state index contributed by atoms with van der Waals surface area (Å²) in [5.41, 5.74) is 0.354. The first-order valence-corrected chi connectivity index (χ1v) is 5.15. The van der Waals surface area contributed by atoms with E-state index in [9.17, 15) is 5.11 Å². The van der Waals surface area contributed by atoms with Crippen molar-refractivity contribution in [2.45, 2.75) is 0 Å². The van der Waals surface area contributed by atoms with Crippen LogP contribution in [0.2, 0.25) is 0 Å². The molecule has 2 nitrogen and oxygen atoms in total. The van der Waals surface area contributed by atoms with Gasteiger partial charge in [0.05, 0.1) is 0 Å². The summed E-state index contributed by atoms with van der Waals surface area (Å²) in [6, 6.07) is 7.60. The van der Waals surface area contributed by atoms with E-state index in [1.165, 1.54) is 11.3 Å². The zero-order valence-corrected chi connectivity index (χ0v) is 8.82. The number of fused-ring (bicyclic) bond motifs is 1. The topological polar surface area (TPSA) is 44.0 Å². The van der Waals surface area contributed by atoms with Crippen LogP contribution in [0, 0.1) is 11.3 Å². The van der Waals surface area contributed by atoms with Gasteiger partial charge >= 0.3 is 0 Å². The van der Waals surface area contributed by atoms with Crippen LogP contribution in [0.3, 0.4) is 0 Å². The number of hydrogen-bond donors (Lipinski definition) is 1. The Hall–Kier alpha value is -1.05. The molecule has 0 saturated heterocycles. The van der Waals surface area contributed by atoms with Crippen LogP contribution < -0.4 is 0 Å². The van der Waals surface area contributed by atoms with Crippen molar-refractivity contribution in [3.63, 3.8) is 0 Å². The number of aromatic hydroxyl groups is 1.